The number of aromatic nitrogens is 3. The first-order chi connectivity index (χ1) is 8.43. The number of fused-ring (bicyclic) bond motifs is 5. The van der Waals surface area contributed by atoms with Crippen molar-refractivity contribution in [3.05, 3.63) is 48.9 Å². The fourth-order valence-corrected chi connectivity index (χ4v) is 2.42. The van der Waals surface area contributed by atoms with Crippen molar-refractivity contribution >= 4 is 32.7 Å². The molecule has 0 saturated carbocycles. The highest BCUT2D eigenvalue weighted by molar-refractivity contribution is 6.18. The lowest BCUT2D eigenvalue weighted by Crippen LogP contribution is -2.00. The number of hydrogen-bond donors (Lipinski definition) is 1. The van der Waals surface area contributed by atoms with E-state index in [-0.39, 0.29) is 0 Å². The van der Waals surface area contributed by atoms with Gasteiger partial charge in [-0.05, 0) is 23.2 Å². The Kier molecular flexibility index (Phi) is 1.56. The smallest absolute Gasteiger partial charge is 0.284 e. The quantitative estimate of drug-likeness (QED) is 0.486. The number of H-pyrrole nitrogens is 2. The van der Waals surface area contributed by atoms with Crippen LogP contribution in [0.1, 0.15) is 0 Å². The maximum absolute atomic E-state index is 4.46. The van der Waals surface area contributed by atoms with Gasteiger partial charge in [-0.25, -0.2) is 4.98 Å². The molecule has 80 valence electrons. The van der Waals surface area contributed by atoms with Gasteiger partial charge in [0.25, 0.3) is 6.33 Å². The average molecular weight is 220 g/mol. The predicted octanol–water partition coefficient (Wildman–Crippen LogP) is 2.68. The van der Waals surface area contributed by atoms with Crippen molar-refractivity contribution in [2.75, 3.05) is 0 Å². The van der Waals surface area contributed by atoms with Crippen molar-refractivity contribution < 1.29 is 4.98 Å². The molecule has 0 bridgehead atoms. The molecule has 0 spiro atoms. The molecule has 2 aromatic heterocycles. The number of rotatable bonds is 0. The Morgan fingerprint density at radius 2 is 1.94 bits per heavy atom. The molecule has 17 heavy (non-hydrogen) atoms. The molecule has 0 unspecified atom stereocenters. The highest BCUT2D eigenvalue weighted by atomic mass is 14.8. The van der Waals surface area contributed by atoms with Crippen molar-refractivity contribution in [3.63, 3.8) is 0 Å². The van der Waals surface area contributed by atoms with Gasteiger partial charge in [-0.2, -0.15) is 0 Å². The second-order valence-electron chi connectivity index (χ2n) is 4.17. The van der Waals surface area contributed by atoms with E-state index in [4.69, 9.17) is 0 Å². The Bertz CT molecular complexity index is 840. The number of aromatic amines is 2. The van der Waals surface area contributed by atoms with Gasteiger partial charge in [0.15, 0.2) is 5.52 Å². The van der Waals surface area contributed by atoms with Gasteiger partial charge in [0, 0.05) is 10.9 Å². The fourth-order valence-electron chi connectivity index (χ4n) is 2.42. The lowest BCUT2D eigenvalue weighted by Gasteiger charge is -1.92. The van der Waals surface area contributed by atoms with E-state index >= 15 is 0 Å². The second kappa shape index (κ2) is 3.04. The first kappa shape index (κ1) is 8.70. The third kappa shape index (κ3) is 1.11. The SMILES string of the molecule is c1ccc2c(c1)[nH]c1ccc3c[nH+]cnc3c12. The van der Waals surface area contributed by atoms with E-state index in [1.54, 1.807) is 6.33 Å². The van der Waals surface area contributed by atoms with Crippen molar-refractivity contribution in [1.29, 1.82) is 0 Å². The molecule has 0 aliphatic heterocycles. The molecule has 2 N–H and O–H groups in total. The largest absolute Gasteiger partial charge is 0.354 e. The van der Waals surface area contributed by atoms with Crippen LogP contribution in [0.5, 0.6) is 0 Å². The molecular weight excluding hydrogens is 210 g/mol. The number of benzene rings is 2. The number of para-hydroxylation sites is 1. The second-order valence-corrected chi connectivity index (χ2v) is 4.17. The van der Waals surface area contributed by atoms with E-state index in [0.29, 0.717) is 0 Å². The minimum atomic E-state index is 1.04. The number of nitrogens with zero attached hydrogens (tertiary/aromatic N) is 1. The third-order valence-corrected chi connectivity index (χ3v) is 3.18. The molecule has 0 amide bonds. The highest BCUT2D eigenvalue weighted by Crippen LogP contribution is 2.29. The predicted molar refractivity (Wildman–Crippen MR) is 67.7 cm³/mol. The molecule has 0 aliphatic carbocycles. The summed E-state index contributed by atoms with van der Waals surface area (Å²) in [7, 11) is 0. The first-order valence-electron chi connectivity index (χ1n) is 5.59. The molecule has 2 heterocycles. The number of nitrogens with one attached hydrogen (secondary N) is 2. The van der Waals surface area contributed by atoms with Gasteiger partial charge in [0.1, 0.15) is 0 Å². The van der Waals surface area contributed by atoms with Crippen LogP contribution in [0.4, 0.5) is 0 Å². The van der Waals surface area contributed by atoms with E-state index in [1.807, 2.05) is 12.3 Å². The van der Waals surface area contributed by atoms with Gasteiger partial charge in [-0.3, -0.25) is 0 Å². The lowest BCUT2D eigenvalue weighted by molar-refractivity contribution is -0.380. The van der Waals surface area contributed by atoms with Crippen LogP contribution in [0.15, 0.2) is 48.9 Å². The molecule has 3 nitrogen and oxygen atoms in total. The minimum Gasteiger partial charge on any atom is -0.354 e. The molecule has 0 atom stereocenters. The molecular formula is C14H10N3+. The van der Waals surface area contributed by atoms with E-state index in [1.165, 1.54) is 10.8 Å². The average Bonchev–Trinajstić information content (AvgIpc) is 2.77. The van der Waals surface area contributed by atoms with E-state index in [9.17, 15) is 0 Å². The highest BCUT2D eigenvalue weighted by Gasteiger charge is 2.11. The summed E-state index contributed by atoms with van der Waals surface area (Å²) >= 11 is 0. The molecule has 0 radical (unpaired) electrons. The standard InChI is InChI=1S/C14H9N3/c1-2-4-11-10(3-1)13-12(17-11)6-5-9-7-15-8-16-14(9)13/h1-8,17H/p+1. The molecule has 2 aromatic carbocycles. The van der Waals surface area contributed by atoms with Crippen LogP contribution in [0, 0.1) is 0 Å². The van der Waals surface area contributed by atoms with Gasteiger partial charge < -0.3 is 4.98 Å². The van der Waals surface area contributed by atoms with Crippen LogP contribution in [0.25, 0.3) is 32.7 Å². The van der Waals surface area contributed by atoms with Crippen molar-refractivity contribution in [3.8, 4) is 0 Å². The maximum Gasteiger partial charge on any atom is 0.284 e. The van der Waals surface area contributed by atoms with E-state index in [2.05, 4.69) is 45.3 Å². The van der Waals surface area contributed by atoms with Crippen LogP contribution >= 0.6 is 0 Å². The summed E-state index contributed by atoms with van der Waals surface area (Å²) in [5, 5.41) is 3.56. The third-order valence-electron chi connectivity index (χ3n) is 3.18. The molecule has 0 saturated heterocycles. The Labute approximate surface area is 97.1 Å². The number of hydrogen-bond acceptors (Lipinski definition) is 1. The summed E-state index contributed by atoms with van der Waals surface area (Å²) in [4.78, 5) is 10.9. The molecule has 4 aromatic rings. The van der Waals surface area contributed by atoms with Crippen molar-refractivity contribution in [1.82, 2.24) is 9.97 Å². The Morgan fingerprint density at radius 3 is 2.94 bits per heavy atom. The zero-order valence-electron chi connectivity index (χ0n) is 9.07. The lowest BCUT2D eigenvalue weighted by atomic mass is 10.1. The van der Waals surface area contributed by atoms with Crippen LogP contribution in [0.2, 0.25) is 0 Å². The van der Waals surface area contributed by atoms with Gasteiger partial charge in [0.2, 0.25) is 0 Å². The summed E-state index contributed by atoms with van der Waals surface area (Å²) in [6, 6.07) is 12.5. The van der Waals surface area contributed by atoms with Crippen LogP contribution in [-0.2, 0) is 0 Å². The van der Waals surface area contributed by atoms with Gasteiger partial charge in [-0.1, -0.05) is 18.2 Å². The topological polar surface area (TPSA) is 42.8 Å². The molecule has 3 heteroatoms. The normalized spacial score (nSPS) is 11.5. The monoisotopic (exact) mass is 220 g/mol. The van der Waals surface area contributed by atoms with Crippen molar-refractivity contribution in [2.45, 2.75) is 0 Å². The molecule has 4 rings (SSSR count). The Hall–Kier alpha value is -2.42. The first-order valence-corrected chi connectivity index (χ1v) is 5.59. The Balaban J connectivity index is 2.38. The fraction of sp³-hybridized carbons (Fsp3) is 0. The maximum atomic E-state index is 4.46. The van der Waals surface area contributed by atoms with Gasteiger partial charge >= 0.3 is 0 Å². The van der Waals surface area contributed by atoms with Gasteiger partial charge in [0.05, 0.1) is 22.5 Å². The van der Waals surface area contributed by atoms with Crippen molar-refractivity contribution in [2.24, 2.45) is 0 Å². The van der Waals surface area contributed by atoms with E-state index < -0.39 is 0 Å². The summed E-state index contributed by atoms with van der Waals surface area (Å²) < 4.78 is 0. The zero-order chi connectivity index (χ0) is 11.2. The van der Waals surface area contributed by atoms with Crippen LogP contribution in [0.3, 0.4) is 0 Å². The summed E-state index contributed by atoms with van der Waals surface area (Å²) in [6.07, 6.45) is 3.70. The van der Waals surface area contributed by atoms with E-state index in [0.717, 1.165) is 21.9 Å². The van der Waals surface area contributed by atoms with Gasteiger partial charge in [-0.15, -0.1) is 0 Å². The Morgan fingerprint density at radius 1 is 1.00 bits per heavy atom. The zero-order valence-corrected chi connectivity index (χ0v) is 9.07. The molecule has 0 fully saturated rings. The van der Waals surface area contributed by atoms with Crippen LogP contribution < -0.4 is 4.98 Å². The summed E-state index contributed by atoms with van der Waals surface area (Å²) in [5.74, 6) is 0. The summed E-state index contributed by atoms with van der Waals surface area (Å²) in [5.41, 5.74) is 3.33. The van der Waals surface area contributed by atoms with Crippen LogP contribution in [-0.4, -0.2) is 9.97 Å². The summed E-state index contributed by atoms with van der Waals surface area (Å²) in [6.45, 7) is 0. The minimum absolute atomic E-state index is 1.04. The molecule has 0 aliphatic rings.